The maximum atomic E-state index is 12.9. The second kappa shape index (κ2) is 7.44. The molecule has 1 aromatic heterocycles. The number of hydrogen-bond acceptors (Lipinski definition) is 5. The van der Waals surface area contributed by atoms with Gasteiger partial charge in [0.1, 0.15) is 18.2 Å². The van der Waals surface area contributed by atoms with Gasteiger partial charge < -0.3 is 9.26 Å². The fraction of sp³-hybridized carbons (Fsp3) is 0.412. The van der Waals surface area contributed by atoms with Crippen LogP contribution in [0.5, 0.6) is 5.75 Å². The third kappa shape index (κ3) is 4.32. The van der Waals surface area contributed by atoms with Crippen LogP contribution in [0.2, 0.25) is 0 Å². The van der Waals surface area contributed by atoms with E-state index in [4.69, 9.17) is 9.26 Å². The summed E-state index contributed by atoms with van der Waals surface area (Å²) in [6, 6.07) is 7.79. The lowest BCUT2D eigenvalue weighted by Crippen LogP contribution is -2.39. The molecule has 1 atom stereocenters. The van der Waals surface area contributed by atoms with Gasteiger partial charge in [0.15, 0.2) is 0 Å². The van der Waals surface area contributed by atoms with Crippen LogP contribution in [0.3, 0.4) is 0 Å². The van der Waals surface area contributed by atoms with Gasteiger partial charge in [-0.25, -0.2) is 4.39 Å². The first-order valence-corrected chi connectivity index (χ1v) is 7.96. The second-order valence-corrected chi connectivity index (χ2v) is 5.91. The number of halogens is 1. The van der Waals surface area contributed by atoms with Crippen molar-refractivity contribution in [3.63, 3.8) is 0 Å². The molecule has 2 aromatic rings. The number of aromatic nitrogens is 1. The molecule has 1 aromatic carbocycles. The number of nitrogens with one attached hydrogen (secondary N) is 1. The Kier molecular flexibility index (Phi) is 5.10. The van der Waals surface area contributed by atoms with E-state index < -0.39 is 0 Å². The van der Waals surface area contributed by atoms with Crippen molar-refractivity contribution in [3.8, 4) is 5.75 Å². The smallest absolute Gasteiger partial charge is 0.240 e. The fourth-order valence-electron chi connectivity index (χ4n) is 2.80. The van der Waals surface area contributed by atoms with Crippen molar-refractivity contribution >= 4 is 11.8 Å². The van der Waals surface area contributed by atoms with Crippen molar-refractivity contribution in [1.82, 2.24) is 10.1 Å². The van der Waals surface area contributed by atoms with Crippen molar-refractivity contribution in [2.45, 2.75) is 25.8 Å². The first kappa shape index (κ1) is 16.4. The van der Waals surface area contributed by atoms with E-state index in [9.17, 15) is 9.18 Å². The lowest BCUT2D eigenvalue weighted by molar-refractivity contribution is -0.117. The lowest BCUT2D eigenvalue weighted by atomic mass is 10.2. The van der Waals surface area contributed by atoms with Gasteiger partial charge in [0.05, 0.1) is 12.2 Å². The maximum Gasteiger partial charge on any atom is 0.240 e. The van der Waals surface area contributed by atoms with E-state index in [0.29, 0.717) is 18.2 Å². The molecular formula is C17H20FN3O3. The molecule has 0 saturated carbocycles. The summed E-state index contributed by atoms with van der Waals surface area (Å²) in [7, 11) is 0. The van der Waals surface area contributed by atoms with Crippen molar-refractivity contribution in [1.29, 1.82) is 0 Å². The highest BCUT2D eigenvalue weighted by Crippen LogP contribution is 2.19. The molecule has 3 rings (SSSR count). The number of ether oxygens (including phenoxy) is 1. The zero-order chi connectivity index (χ0) is 16.9. The highest BCUT2D eigenvalue weighted by Gasteiger charge is 2.27. The lowest BCUT2D eigenvalue weighted by Gasteiger charge is -2.23. The minimum Gasteiger partial charge on any atom is -0.492 e. The summed E-state index contributed by atoms with van der Waals surface area (Å²) >= 11 is 0. The van der Waals surface area contributed by atoms with Crippen LogP contribution in [0, 0.1) is 12.7 Å². The Morgan fingerprint density at radius 2 is 2.25 bits per heavy atom. The molecule has 0 spiro atoms. The minimum absolute atomic E-state index is 0.139. The minimum atomic E-state index is -0.288. The summed E-state index contributed by atoms with van der Waals surface area (Å²) in [5.41, 5.74) is 0.719. The van der Waals surface area contributed by atoms with E-state index in [0.717, 1.165) is 25.1 Å². The standard InChI is InChI=1S/C17H20FN3O3/c1-12-9-17(24-20-12)19-16(22)10-21-8-2-3-14(21)11-23-15-6-4-13(18)5-7-15/h4-7,9,14H,2-3,8,10-11H2,1H3,(H,19,22)/t14-/m0/s1. The van der Waals surface area contributed by atoms with Crippen molar-refractivity contribution in [2.24, 2.45) is 0 Å². The number of likely N-dealkylation sites (tertiary alicyclic amines) is 1. The zero-order valence-corrected chi connectivity index (χ0v) is 13.5. The molecule has 1 aliphatic heterocycles. The van der Waals surface area contributed by atoms with Gasteiger partial charge in [-0.05, 0) is 50.6 Å². The fourth-order valence-corrected chi connectivity index (χ4v) is 2.80. The Morgan fingerprint density at radius 1 is 1.46 bits per heavy atom. The first-order chi connectivity index (χ1) is 11.6. The van der Waals surface area contributed by atoms with Crippen LogP contribution in [-0.2, 0) is 4.79 Å². The van der Waals surface area contributed by atoms with Gasteiger partial charge in [0.2, 0.25) is 11.8 Å². The Hall–Kier alpha value is -2.41. The zero-order valence-electron chi connectivity index (χ0n) is 13.5. The molecule has 1 N–H and O–H groups in total. The van der Waals surface area contributed by atoms with Crippen LogP contribution in [0.15, 0.2) is 34.9 Å². The van der Waals surface area contributed by atoms with E-state index in [-0.39, 0.29) is 24.3 Å². The molecule has 0 aliphatic carbocycles. The number of amides is 1. The van der Waals surface area contributed by atoms with E-state index >= 15 is 0 Å². The highest BCUT2D eigenvalue weighted by atomic mass is 19.1. The largest absolute Gasteiger partial charge is 0.492 e. The molecule has 128 valence electrons. The number of anilines is 1. The molecule has 1 amide bonds. The molecule has 6 nitrogen and oxygen atoms in total. The van der Waals surface area contributed by atoms with Crippen LogP contribution in [-0.4, -0.2) is 41.7 Å². The number of nitrogens with zero attached hydrogens (tertiary/aromatic N) is 2. The summed E-state index contributed by atoms with van der Waals surface area (Å²) in [5.74, 6) is 0.560. The molecular weight excluding hydrogens is 313 g/mol. The molecule has 1 saturated heterocycles. The van der Waals surface area contributed by atoms with Crippen LogP contribution >= 0.6 is 0 Å². The monoisotopic (exact) mass is 333 g/mol. The Balaban J connectivity index is 1.49. The topological polar surface area (TPSA) is 67.6 Å². The second-order valence-electron chi connectivity index (χ2n) is 5.91. The normalized spacial score (nSPS) is 17.8. The van der Waals surface area contributed by atoms with Gasteiger partial charge in [-0.15, -0.1) is 0 Å². The molecule has 1 aliphatic rings. The van der Waals surface area contributed by atoms with Crippen LogP contribution in [0.4, 0.5) is 10.3 Å². The maximum absolute atomic E-state index is 12.9. The highest BCUT2D eigenvalue weighted by molar-refractivity contribution is 5.91. The Morgan fingerprint density at radius 3 is 2.96 bits per heavy atom. The number of benzene rings is 1. The van der Waals surface area contributed by atoms with Crippen molar-refractivity contribution in [3.05, 3.63) is 41.8 Å². The van der Waals surface area contributed by atoms with Gasteiger partial charge in [-0.1, -0.05) is 5.16 Å². The van der Waals surface area contributed by atoms with Crippen molar-refractivity contribution in [2.75, 3.05) is 25.0 Å². The van der Waals surface area contributed by atoms with Crippen LogP contribution in [0.25, 0.3) is 0 Å². The number of carbonyl (C=O) groups excluding carboxylic acids is 1. The summed E-state index contributed by atoms with van der Waals surface area (Å²) < 4.78 is 23.6. The molecule has 24 heavy (non-hydrogen) atoms. The van der Waals surface area contributed by atoms with E-state index in [1.54, 1.807) is 25.1 Å². The summed E-state index contributed by atoms with van der Waals surface area (Å²) in [6.45, 7) is 3.39. The predicted molar refractivity (Wildman–Crippen MR) is 86.4 cm³/mol. The molecule has 1 fully saturated rings. The van der Waals surface area contributed by atoms with E-state index in [1.165, 1.54) is 12.1 Å². The summed E-state index contributed by atoms with van der Waals surface area (Å²) in [6.07, 6.45) is 1.99. The molecule has 2 heterocycles. The average molecular weight is 333 g/mol. The molecule has 0 bridgehead atoms. The van der Waals surface area contributed by atoms with Gasteiger partial charge in [-0.3, -0.25) is 15.0 Å². The van der Waals surface area contributed by atoms with Gasteiger partial charge in [0.25, 0.3) is 0 Å². The van der Waals surface area contributed by atoms with Gasteiger partial charge in [-0.2, -0.15) is 0 Å². The molecule has 0 unspecified atom stereocenters. The molecule has 0 radical (unpaired) electrons. The third-order valence-corrected chi connectivity index (χ3v) is 3.99. The predicted octanol–water partition coefficient (Wildman–Crippen LogP) is 2.60. The first-order valence-electron chi connectivity index (χ1n) is 7.96. The van der Waals surface area contributed by atoms with Crippen LogP contribution in [0.1, 0.15) is 18.5 Å². The number of hydrogen-bond donors (Lipinski definition) is 1. The third-order valence-electron chi connectivity index (χ3n) is 3.99. The van der Waals surface area contributed by atoms with E-state index in [2.05, 4.69) is 15.4 Å². The Bertz CT molecular complexity index is 687. The SMILES string of the molecule is Cc1cc(NC(=O)CN2CCC[C@H]2COc2ccc(F)cc2)on1. The van der Waals surface area contributed by atoms with E-state index in [1.807, 2.05) is 0 Å². The molecule has 7 heteroatoms. The number of aryl methyl sites for hydroxylation is 1. The van der Waals surface area contributed by atoms with Crippen molar-refractivity contribution < 1.29 is 18.4 Å². The quantitative estimate of drug-likeness (QED) is 0.880. The summed E-state index contributed by atoms with van der Waals surface area (Å²) in [5, 5.41) is 6.43. The van der Waals surface area contributed by atoms with Gasteiger partial charge >= 0.3 is 0 Å². The Labute approximate surface area is 139 Å². The van der Waals surface area contributed by atoms with Crippen LogP contribution < -0.4 is 10.1 Å². The van der Waals surface area contributed by atoms with Gasteiger partial charge in [0, 0.05) is 12.1 Å². The number of rotatable bonds is 6. The average Bonchev–Trinajstić information content (AvgIpc) is 3.16. The summed E-state index contributed by atoms with van der Waals surface area (Å²) in [4.78, 5) is 14.2. The number of carbonyl (C=O) groups is 1.